The highest BCUT2D eigenvalue weighted by atomic mass is 16.3. The van der Waals surface area contributed by atoms with Crippen LogP contribution in [0, 0.1) is 5.92 Å². The molecule has 1 aromatic rings. The summed E-state index contributed by atoms with van der Waals surface area (Å²) < 4.78 is 5.05. The monoisotopic (exact) mass is 262 g/mol. The Balaban J connectivity index is 1.72. The molecule has 0 bridgehead atoms. The van der Waals surface area contributed by atoms with Crippen molar-refractivity contribution in [2.75, 3.05) is 0 Å². The van der Waals surface area contributed by atoms with Crippen molar-refractivity contribution in [3.8, 4) is 0 Å². The number of carbonyl (C=O) groups excluding carboxylic acids is 2. The van der Waals surface area contributed by atoms with Crippen LogP contribution in [-0.2, 0) is 9.59 Å². The van der Waals surface area contributed by atoms with Crippen LogP contribution in [0.5, 0.6) is 0 Å². The van der Waals surface area contributed by atoms with Crippen molar-refractivity contribution in [3.63, 3.8) is 0 Å². The molecule has 0 radical (unpaired) electrons. The van der Waals surface area contributed by atoms with Crippen molar-refractivity contribution < 1.29 is 14.0 Å². The van der Waals surface area contributed by atoms with Gasteiger partial charge in [-0.25, -0.2) is 0 Å². The van der Waals surface area contributed by atoms with Crippen LogP contribution in [0.15, 0.2) is 28.9 Å². The highest BCUT2D eigenvalue weighted by molar-refractivity contribution is 5.93. The topological polar surface area (TPSA) is 71.3 Å². The third-order valence-electron chi connectivity index (χ3n) is 3.23. The maximum absolute atomic E-state index is 11.8. The summed E-state index contributed by atoms with van der Waals surface area (Å²) in [5.74, 6) is 0.150. The number of hydrogen-bond acceptors (Lipinski definition) is 3. The molecule has 1 aromatic heterocycles. The fourth-order valence-electron chi connectivity index (χ4n) is 2.18. The quantitative estimate of drug-likeness (QED) is 0.646. The van der Waals surface area contributed by atoms with Crippen LogP contribution in [0.4, 0.5) is 0 Å². The first-order valence-corrected chi connectivity index (χ1v) is 6.57. The molecule has 5 nitrogen and oxygen atoms in total. The highest BCUT2D eigenvalue weighted by Crippen LogP contribution is 2.23. The first-order valence-electron chi connectivity index (χ1n) is 6.57. The molecule has 1 aliphatic carbocycles. The van der Waals surface area contributed by atoms with Crippen molar-refractivity contribution in [3.05, 3.63) is 30.2 Å². The molecule has 0 spiro atoms. The van der Waals surface area contributed by atoms with Gasteiger partial charge in [0.25, 0.3) is 5.91 Å². The van der Waals surface area contributed by atoms with E-state index in [0.29, 0.717) is 5.76 Å². The molecule has 1 heterocycles. The average Bonchev–Trinajstić information content (AvgIpc) is 2.96. The van der Waals surface area contributed by atoms with Gasteiger partial charge in [-0.05, 0) is 31.1 Å². The molecule has 1 saturated carbocycles. The van der Waals surface area contributed by atoms with E-state index in [4.69, 9.17) is 4.42 Å². The van der Waals surface area contributed by atoms with E-state index in [-0.39, 0.29) is 17.7 Å². The Hall–Kier alpha value is -2.04. The van der Waals surface area contributed by atoms with Crippen LogP contribution in [0.2, 0.25) is 0 Å². The third kappa shape index (κ3) is 4.28. The van der Waals surface area contributed by atoms with E-state index in [0.717, 1.165) is 25.7 Å². The molecule has 0 aromatic carbocycles. The summed E-state index contributed by atoms with van der Waals surface area (Å²) >= 11 is 0. The summed E-state index contributed by atoms with van der Waals surface area (Å²) in [6.45, 7) is 0. The molecular formula is C14H18N2O3. The zero-order valence-electron chi connectivity index (χ0n) is 10.7. The molecule has 5 heteroatoms. The van der Waals surface area contributed by atoms with Crippen LogP contribution < -0.4 is 10.9 Å². The van der Waals surface area contributed by atoms with Crippen molar-refractivity contribution in [2.24, 2.45) is 5.92 Å². The van der Waals surface area contributed by atoms with Gasteiger partial charge in [0.1, 0.15) is 5.76 Å². The lowest BCUT2D eigenvalue weighted by Crippen LogP contribution is -2.44. The minimum Gasteiger partial charge on any atom is -0.465 e. The standard InChI is InChI=1S/C14H18N2O3/c17-13(9-8-12-7-4-10-19-12)15-16-14(18)11-5-2-1-3-6-11/h4,7-11H,1-3,5-6H2,(H,15,17)(H,16,18)/b9-8+. The van der Waals surface area contributed by atoms with E-state index in [9.17, 15) is 9.59 Å². The maximum atomic E-state index is 11.8. The lowest BCUT2D eigenvalue weighted by Gasteiger charge is -2.20. The summed E-state index contributed by atoms with van der Waals surface area (Å²) in [4.78, 5) is 23.2. The van der Waals surface area contributed by atoms with Crippen LogP contribution >= 0.6 is 0 Å². The molecule has 1 fully saturated rings. The number of nitrogens with one attached hydrogen (secondary N) is 2. The summed E-state index contributed by atoms with van der Waals surface area (Å²) in [6.07, 6.45) is 9.58. The van der Waals surface area contributed by atoms with Crippen molar-refractivity contribution in [1.82, 2.24) is 10.9 Å². The fourth-order valence-corrected chi connectivity index (χ4v) is 2.18. The molecule has 2 amide bonds. The second-order valence-electron chi connectivity index (χ2n) is 4.66. The van der Waals surface area contributed by atoms with Crippen molar-refractivity contribution in [1.29, 1.82) is 0 Å². The molecule has 2 N–H and O–H groups in total. The van der Waals surface area contributed by atoms with Gasteiger partial charge in [0.05, 0.1) is 6.26 Å². The van der Waals surface area contributed by atoms with E-state index in [1.807, 2.05) is 0 Å². The Morgan fingerprint density at radius 3 is 2.68 bits per heavy atom. The number of amides is 2. The Labute approximate surface area is 112 Å². The molecule has 0 saturated heterocycles. The second kappa shape index (κ2) is 6.78. The number of furan rings is 1. The van der Waals surface area contributed by atoms with Gasteiger partial charge >= 0.3 is 0 Å². The molecule has 2 rings (SSSR count). The second-order valence-corrected chi connectivity index (χ2v) is 4.66. The van der Waals surface area contributed by atoms with Crippen LogP contribution in [0.1, 0.15) is 37.9 Å². The smallest absolute Gasteiger partial charge is 0.262 e. The third-order valence-corrected chi connectivity index (χ3v) is 3.23. The molecule has 19 heavy (non-hydrogen) atoms. The average molecular weight is 262 g/mol. The predicted octanol–water partition coefficient (Wildman–Crippen LogP) is 2.02. The fraction of sp³-hybridized carbons (Fsp3) is 0.429. The van der Waals surface area contributed by atoms with E-state index < -0.39 is 0 Å². The predicted molar refractivity (Wildman–Crippen MR) is 70.6 cm³/mol. The normalized spacial score (nSPS) is 16.4. The Bertz CT molecular complexity index is 445. The largest absolute Gasteiger partial charge is 0.465 e. The van der Waals surface area contributed by atoms with Gasteiger partial charge in [-0.2, -0.15) is 0 Å². The highest BCUT2D eigenvalue weighted by Gasteiger charge is 2.20. The molecule has 0 unspecified atom stereocenters. The number of hydrazine groups is 1. The number of hydrogen-bond donors (Lipinski definition) is 2. The summed E-state index contributed by atoms with van der Waals surface area (Å²) in [6, 6.07) is 3.48. The van der Waals surface area contributed by atoms with Crippen molar-refractivity contribution >= 4 is 17.9 Å². The van der Waals surface area contributed by atoms with Crippen LogP contribution in [-0.4, -0.2) is 11.8 Å². The zero-order chi connectivity index (χ0) is 13.5. The Kier molecular flexibility index (Phi) is 4.78. The summed E-state index contributed by atoms with van der Waals surface area (Å²) in [7, 11) is 0. The lowest BCUT2D eigenvalue weighted by molar-refractivity contribution is -0.130. The SMILES string of the molecule is O=C(/C=C/c1ccco1)NNC(=O)C1CCCCC1. The number of carbonyl (C=O) groups is 2. The van der Waals surface area contributed by atoms with Gasteiger partial charge in [-0.15, -0.1) is 0 Å². The summed E-state index contributed by atoms with van der Waals surface area (Å²) in [5.41, 5.74) is 4.84. The molecular weight excluding hydrogens is 244 g/mol. The Morgan fingerprint density at radius 2 is 2.00 bits per heavy atom. The van der Waals surface area contributed by atoms with Gasteiger partial charge in [0.2, 0.25) is 5.91 Å². The van der Waals surface area contributed by atoms with E-state index in [1.165, 1.54) is 18.8 Å². The van der Waals surface area contributed by atoms with Crippen LogP contribution in [0.3, 0.4) is 0 Å². The molecule has 0 aliphatic heterocycles. The summed E-state index contributed by atoms with van der Waals surface area (Å²) in [5, 5.41) is 0. The number of rotatable bonds is 3. The van der Waals surface area contributed by atoms with Gasteiger partial charge in [0.15, 0.2) is 0 Å². The van der Waals surface area contributed by atoms with Gasteiger partial charge in [-0.1, -0.05) is 19.3 Å². The van der Waals surface area contributed by atoms with E-state index in [1.54, 1.807) is 18.2 Å². The molecule has 0 atom stereocenters. The van der Waals surface area contributed by atoms with Crippen molar-refractivity contribution in [2.45, 2.75) is 32.1 Å². The molecule has 102 valence electrons. The minimum atomic E-state index is -0.374. The van der Waals surface area contributed by atoms with Gasteiger partial charge in [-0.3, -0.25) is 20.4 Å². The minimum absolute atomic E-state index is 0.0307. The van der Waals surface area contributed by atoms with Gasteiger partial charge in [0, 0.05) is 12.0 Å². The zero-order valence-corrected chi connectivity index (χ0v) is 10.7. The maximum Gasteiger partial charge on any atom is 0.262 e. The molecule has 1 aliphatic rings. The van der Waals surface area contributed by atoms with E-state index >= 15 is 0 Å². The first kappa shape index (κ1) is 13.4. The lowest BCUT2D eigenvalue weighted by atomic mass is 9.89. The van der Waals surface area contributed by atoms with Crippen LogP contribution in [0.25, 0.3) is 6.08 Å². The Morgan fingerprint density at radius 1 is 1.21 bits per heavy atom. The van der Waals surface area contributed by atoms with Gasteiger partial charge < -0.3 is 4.42 Å². The van der Waals surface area contributed by atoms with E-state index in [2.05, 4.69) is 10.9 Å². The first-order chi connectivity index (χ1) is 9.25.